The number of carbonyl (C=O) groups is 2. The first-order valence-electron chi connectivity index (χ1n) is 6.06. The third-order valence-electron chi connectivity index (χ3n) is 2.80. The van der Waals surface area contributed by atoms with E-state index >= 15 is 0 Å². The summed E-state index contributed by atoms with van der Waals surface area (Å²) in [6, 6.07) is 8.47. The van der Waals surface area contributed by atoms with Crippen LogP contribution in [-0.4, -0.2) is 21.5 Å². The molecule has 0 aliphatic heterocycles. The third-order valence-corrected chi connectivity index (χ3v) is 2.80. The molecule has 2 rings (SSSR count). The maximum atomic E-state index is 12.0. The fraction of sp³-hybridized carbons (Fsp3) is 0.214. The minimum absolute atomic E-state index is 0.00179. The summed E-state index contributed by atoms with van der Waals surface area (Å²) in [7, 11) is 0. The minimum Gasteiger partial charge on any atom is -0.321 e. The summed E-state index contributed by atoms with van der Waals surface area (Å²) in [5.41, 5.74) is 1.79. The largest absolute Gasteiger partial charge is 0.321 e. The number of benzene rings is 1. The van der Waals surface area contributed by atoms with Crippen molar-refractivity contribution in [1.29, 1.82) is 0 Å². The number of carbonyl (C=O) groups excluding carboxylic acids is 2. The number of amides is 1. The average molecular weight is 257 g/mol. The monoisotopic (exact) mass is 257 g/mol. The van der Waals surface area contributed by atoms with Crippen molar-refractivity contribution < 1.29 is 9.59 Å². The number of nitrogens with one attached hydrogen (secondary N) is 1. The lowest BCUT2D eigenvalue weighted by Gasteiger charge is -2.07. The van der Waals surface area contributed by atoms with Crippen LogP contribution in [0.3, 0.4) is 0 Å². The predicted molar refractivity (Wildman–Crippen MR) is 72.3 cm³/mol. The van der Waals surface area contributed by atoms with Gasteiger partial charge < -0.3 is 5.32 Å². The molecule has 5 heteroatoms. The van der Waals surface area contributed by atoms with Gasteiger partial charge in [0.25, 0.3) is 5.91 Å². The van der Waals surface area contributed by atoms with Gasteiger partial charge in [-0.15, -0.1) is 0 Å². The Hall–Kier alpha value is -2.43. The highest BCUT2D eigenvalue weighted by Gasteiger charge is 2.11. The Labute approximate surface area is 111 Å². The first-order chi connectivity index (χ1) is 9.11. The number of ketones is 1. The Morgan fingerprint density at radius 3 is 2.47 bits per heavy atom. The molecule has 0 aliphatic rings. The topological polar surface area (TPSA) is 64.0 Å². The Balaban J connectivity index is 2.13. The van der Waals surface area contributed by atoms with Crippen LogP contribution in [0.4, 0.5) is 5.69 Å². The van der Waals surface area contributed by atoms with Crippen LogP contribution >= 0.6 is 0 Å². The van der Waals surface area contributed by atoms with E-state index in [9.17, 15) is 9.59 Å². The molecule has 0 saturated heterocycles. The molecule has 0 unspecified atom stereocenters. The van der Waals surface area contributed by atoms with Crippen LogP contribution < -0.4 is 5.32 Å². The Bertz CT molecular complexity index is 599. The lowest BCUT2D eigenvalue weighted by Crippen LogP contribution is -2.17. The van der Waals surface area contributed by atoms with E-state index in [1.54, 1.807) is 41.2 Å². The van der Waals surface area contributed by atoms with Crippen molar-refractivity contribution in [3.63, 3.8) is 0 Å². The number of hydrogen-bond acceptors (Lipinski definition) is 3. The molecule has 0 aliphatic carbocycles. The number of nitrogens with zero attached hydrogens (tertiary/aromatic N) is 2. The van der Waals surface area contributed by atoms with Gasteiger partial charge in [0, 0.05) is 24.0 Å². The maximum absolute atomic E-state index is 12.0. The third kappa shape index (κ3) is 2.88. The number of rotatable bonds is 4. The van der Waals surface area contributed by atoms with E-state index < -0.39 is 0 Å². The first kappa shape index (κ1) is 13.0. The van der Waals surface area contributed by atoms with Gasteiger partial charge in [0.15, 0.2) is 5.78 Å². The predicted octanol–water partition coefficient (Wildman–Crippen LogP) is 2.36. The summed E-state index contributed by atoms with van der Waals surface area (Å²) in [6.45, 7) is 4.07. The molecule has 5 nitrogen and oxygen atoms in total. The van der Waals surface area contributed by atoms with E-state index in [0.717, 1.165) is 0 Å². The van der Waals surface area contributed by atoms with Crippen molar-refractivity contribution in [1.82, 2.24) is 9.78 Å². The van der Waals surface area contributed by atoms with Crippen LogP contribution in [0.5, 0.6) is 0 Å². The van der Waals surface area contributed by atoms with Crippen molar-refractivity contribution in [3.8, 4) is 0 Å². The van der Waals surface area contributed by atoms with Crippen LogP contribution in [0.2, 0.25) is 0 Å². The van der Waals surface area contributed by atoms with Crippen molar-refractivity contribution in [2.75, 3.05) is 5.32 Å². The molecule has 0 atom stereocenters. The van der Waals surface area contributed by atoms with Gasteiger partial charge in [0.2, 0.25) is 0 Å². The summed E-state index contributed by atoms with van der Waals surface area (Å²) in [4.78, 5) is 23.2. The Morgan fingerprint density at radius 1 is 1.21 bits per heavy atom. The second-order valence-corrected chi connectivity index (χ2v) is 4.12. The summed E-state index contributed by atoms with van der Waals surface area (Å²) in [6.07, 6.45) is 1.59. The van der Waals surface area contributed by atoms with Crippen molar-refractivity contribution in [2.24, 2.45) is 0 Å². The van der Waals surface area contributed by atoms with Crippen molar-refractivity contribution >= 4 is 17.4 Å². The quantitative estimate of drug-likeness (QED) is 0.855. The molecule has 1 heterocycles. The standard InChI is InChI=1S/C14H15N3O2/c1-3-17-13(8-9-15-17)14(19)16-12-6-4-11(5-7-12)10(2)18/h4-9H,3H2,1-2H3,(H,16,19). The minimum atomic E-state index is -0.213. The summed E-state index contributed by atoms with van der Waals surface area (Å²) in [5.74, 6) is -0.211. The smallest absolute Gasteiger partial charge is 0.273 e. The number of hydrogen-bond donors (Lipinski definition) is 1. The van der Waals surface area contributed by atoms with Crippen LogP contribution in [0, 0.1) is 0 Å². The van der Waals surface area contributed by atoms with Crippen LogP contribution in [0.1, 0.15) is 34.7 Å². The van der Waals surface area contributed by atoms with E-state index in [2.05, 4.69) is 10.4 Å². The summed E-state index contributed by atoms with van der Waals surface area (Å²) >= 11 is 0. The highest BCUT2D eigenvalue weighted by Crippen LogP contribution is 2.11. The normalized spacial score (nSPS) is 10.2. The molecular formula is C14H15N3O2. The van der Waals surface area contributed by atoms with Gasteiger partial charge in [-0.3, -0.25) is 14.3 Å². The zero-order chi connectivity index (χ0) is 13.8. The fourth-order valence-corrected chi connectivity index (χ4v) is 1.76. The Kier molecular flexibility index (Phi) is 3.75. The zero-order valence-electron chi connectivity index (χ0n) is 10.9. The average Bonchev–Trinajstić information content (AvgIpc) is 2.87. The molecular weight excluding hydrogens is 242 g/mol. The van der Waals surface area contributed by atoms with Crippen LogP contribution in [-0.2, 0) is 6.54 Å². The number of aromatic nitrogens is 2. The fourth-order valence-electron chi connectivity index (χ4n) is 1.76. The molecule has 0 bridgehead atoms. The van der Waals surface area contributed by atoms with Gasteiger partial charge in [-0.2, -0.15) is 5.10 Å². The molecule has 0 fully saturated rings. The van der Waals surface area contributed by atoms with E-state index in [-0.39, 0.29) is 11.7 Å². The number of anilines is 1. The molecule has 1 aromatic carbocycles. The molecule has 1 N–H and O–H groups in total. The van der Waals surface area contributed by atoms with Gasteiger partial charge in [0.05, 0.1) is 0 Å². The van der Waals surface area contributed by atoms with Gasteiger partial charge >= 0.3 is 0 Å². The van der Waals surface area contributed by atoms with Gasteiger partial charge in [-0.05, 0) is 44.2 Å². The second kappa shape index (κ2) is 5.48. The molecule has 1 aromatic heterocycles. The molecule has 98 valence electrons. The molecule has 1 amide bonds. The molecule has 2 aromatic rings. The van der Waals surface area contributed by atoms with E-state index in [1.165, 1.54) is 6.92 Å². The Morgan fingerprint density at radius 2 is 1.89 bits per heavy atom. The van der Waals surface area contributed by atoms with Crippen LogP contribution in [0.15, 0.2) is 36.5 Å². The molecule has 0 saturated carbocycles. The van der Waals surface area contributed by atoms with Crippen molar-refractivity contribution in [3.05, 3.63) is 47.8 Å². The lowest BCUT2D eigenvalue weighted by atomic mass is 10.1. The van der Waals surface area contributed by atoms with Crippen LogP contribution in [0.25, 0.3) is 0 Å². The molecule has 0 radical (unpaired) electrons. The van der Waals surface area contributed by atoms with Gasteiger partial charge in [0.1, 0.15) is 5.69 Å². The summed E-state index contributed by atoms with van der Waals surface area (Å²) < 4.78 is 1.62. The number of aryl methyl sites for hydroxylation is 1. The zero-order valence-corrected chi connectivity index (χ0v) is 10.9. The number of Topliss-reactive ketones (excluding diaryl/α,β-unsaturated/α-hetero) is 1. The summed E-state index contributed by atoms with van der Waals surface area (Å²) in [5, 5.41) is 6.82. The molecule has 0 spiro atoms. The molecule has 19 heavy (non-hydrogen) atoms. The van der Waals surface area contributed by atoms with E-state index in [0.29, 0.717) is 23.5 Å². The maximum Gasteiger partial charge on any atom is 0.273 e. The second-order valence-electron chi connectivity index (χ2n) is 4.12. The van der Waals surface area contributed by atoms with Crippen molar-refractivity contribution in [2.45, 2.75) is 20.4 Å². The van der Waals surface area contributed by atoms with Gasteiger partial charge in [-0.1, -0.05) is 0 Å². The van der Waals surface area contributed by atoms with Gasteiger partial charge in [-0.25, -0.2) is 0 Å². The highest BCUT2D eigenvalue weighted by molar-refractivity contribution is 6.03. The first-order valence-corrected chi connectivity index (χ1v) is 6.06. The lowest BCUT2D eigenvalue weighted by molar-refractivity contribution is 0.101. The highest BCUT2D eigenvalue weighted by atomic mass is 16.2. The van der Waals surface area contributed by atoms with E-state index in [1.807, 2.05) is 6.92 Å². The van der Waals surface area contributed by atoms with E-state index in [4.69, 9.17) is 0 Å². The SMILES string of the molecule is CCn1nccc1C(=O)Nc1ccc(C(C)=O)cc1.